The quantitative estimate of drug-likeness (QED) is 0.278. The topological polar surface area (TPSA) is 125 Å². The molecule has 1 aliphatic heterocycles. The lowest BCUT2D eigenvalue weighted by atomic mass is 9.95. The van der Waals surface area contributed by atoms with Crippen LogP contribution in [0.4, 0.5) is 4.39 Å². The summed E-state index contributed by atoms with van der Waals surface area (Å²) in [6.07, 6.45) is 2.85. The number of nitrogens with one attached hydrogen (secondary N) is 2. The van der Waals surface area contributed by atoms with E-state index in [9.17, 15) is 23.6 Å². The van der Waals surface area contributed by atoms with E-state index >= 15 is 0 Å². The van der Waals surface area contributed by atoms with Crippen molar-refractivity contribution in [2.45, 2.75) is 89.5 Å². The van der Waals surface area contributed by atoms with Gasteiger partial charge in [-0.3, -0.25) is 19.2 Å². The molecule has 0 aromatic heterocycles. The molecule has 3 aromatic rings. The molecule has 1 heterocycles. The highest BCUT2D eigenvalue weighted by Crippen LogP contribution is 2.36. The Morgan fingerprint density at radius 3 is 2.21 bits per heavy atom. The summed E-state index contributed by atoms with van der Waals surface area (Å²) in [4.78, 5) is 58.7. The van der Waals surface area contributed by atoms with Crippen LogP contribution >= 0.6 is 0 Å². The third kappa shape index (κ3) is 8.54. The zero-order valence-corrected chi connectivity index (χ0v) is 27.7. The van der Waals surface area contributed by atoms with Gasteiger partial charge in [-0.05, 0) is 74.1 Å². The molecular weight excluding hydrogens is 597 g/mol. The summed E-state index contributed by atoms with van der Waals surface area (Å²) >= 11 is 0. The number of halogens is 1. The van der Waals surface area contributed by atoms with Crippen molar-refractivity contribution >= 4 is 34.4 Å². The van der Waals surface area contributed by atoms with Crippen LogP contribution in [-0.4, -0.2) is 76.2 Å². The molecule has 1 saturated heterocycles. The number of carbonyl (C=O) groups is 4. The average Bonchev–Trinajstić information content (AvgIpc) is 3.85. The Hall–Kier alpha value is -4.31. The molecule has 1 aliphatic carbocycles. The van der Waals surface area contributed by atoms with Crippen molar-refractivity contribution in [3.8, 4) is 0 Å². The van der Waals surface area contributed by atoms with Gasteiger partial charge in [-0.1, -0.05) is 67.4 Å². The average molecular weight is 644 g/mol. The van der Waals surface area contributed by atoms with E-state index in [4.69, 9.17) is 5.73 Å². The molecule has 4 amide bonds. The van der Waals surface area contributed by atoms with Crippen LogP contribution in [0, 0.1) is 11.7 Å². The van der Waals surface area contributed by atoms with Gasteiger partial charge in [-0.25, -0.2) is 4.39 Å². The van der Waals surface area contributed by atoms with Crippen LogP contribution in [-0.2, 0) is 32.0 Å². The Morgan fingerprint density at radius 1 is 0.915 bits per heavy atom. The van der Waals surface area contributed by atoms with Gasteiger partial charge < -0.3 is 26.2 Å². The molecule has 1 saturated carbocycles. The molecule has 9 nitrogen and oxygen atoms in total. The molecule has 0 bridgehead atoms. The first-order valence-corrected chi connectivity index (χ1v) is 16.5. The van der Waals surface area contributed by atoms with E-state index in [-0.39, 0.29) is 37.4 Å². The molecule has 47 heavy (non-hydrogen) atoms. The zero-order valence-electron chi connectivity index (χ0n) is 27.7. The first-order valence-electron chi connectivity index (χ1n) is 16.5. The molecule has 0 radical (unpaired) electrons. The lowest BCUT2D eigenvalue weighted by molar-refractivity contribution is -0.157. The maximum atomic E-state index is 14.4. The van der Waals surface area contributed by atoms with Crippen molar-refractivity contribution in [2.75, 3.05) is 13.1 Å². The summed E-state index contributed by atoms with van der Waals surface area (Å²) in [6.45, 7) is 7.24. The molecule has 10 heteroatoms. The monoisotopic (exact) mass is 643 g/mol. The minimum atomic E-state index is -1.25. The lowest BCUT2D eigenvalue weighted by Crippen LogP contribution is -2.66. The van der Waals surface area contributed by atoms with Crippen LogP contribution in [0.25, 0.3) is 10.8 Å². The summed E-state index contributed by atoms with van der Waals surface area (Å²) < 4.78 is 13.7. The first-order chi connectivity index (χ1) is 22.3. The number of rotatable bonds is 12. The Kier molecular flexibility index (Phi) is 10.3. The highest BCUT2D eigenvalue weighted by molar-refractivity contribution is 5.96. The van der Waals surface area contributed by atoms with Crippen LogP contribution in [0.5, 0.6) is 0 Å². The number of hydrogen-bond acceptors (Lipinski definition) is 5. The van der Waals surface area contributed by atoms with Crippen LogP contribution < -0.4 is 16.4 Å². The van der Waals surface area contributed by atoms with E-state index < -0.39 is 41.3 Å². The van der Waals surface area contributed by atoms with Gasteiger partial charge in [0, 0.05) is 32.0 Å². The van der Waals surface area contributed by atoms with E-state index in [0.717, 1.165) is 29.2 Å². The minimum absolute atomic E-state index is 0.104. The van der Waals surface area contributed by atoms with Crippen molar-refractivity contribution < 1.29 is 23.6 Å². The molecule has 2 fully saturated rings. The molecule has 3 aromatic carbocycles. The Labute approximate surface area is 276 Å². The fraction of sp³-hybridized carbons (Fsp3) is 0.459. The zero-order chi connectivity index (χ0) is 33.9. The van der Waals surface area contributed by atoms with Gasteiger partial charge in [0.25, 0.3) is 0 Å². The number of hydrogen-bond donors (Lipinski definition) is 3. The largest absolute Gasteiger partial charge is 0.352 e. The highest BCUT2D eigenvalue weighted by Gasteiger charge is 2.45. The number of benzene rings is 3. The van der Waals surface area contributed by atoms with E-state index in [1.807, 2.05) is 50.2 Å². The summed E-state index contributed by atoms with van der Waals surface area (Å²) in [6, 6.07) is 17.1. The van der Waals surface area contributed by atoms with E-state index in [1.54, 1.807) is 35.8 Å². The van der Waals surface area contributed by atoms with Crippen molar-refractivity contribution in [1.82, 2.24) is 20.4 Å². The number of carbonyl (C=O) groups excluding carboxylic acids is 4. The molecule has 5 rings (SSSR count). The maximum Gasteiger partial charge on any atom is 0.246 e. The molecule has 3 unspecified atom stereocenters. The van der Waals surface area contributed by atoms with Gasteiger partial charge in [0.2, 0.25) is 23.6 Å². The van der Waals surface area contributed by atoms with Crippen LogP contribution in [0.1, 0.15) is 58.1 Å². The predicted octanol–water partition coefficient (Wildman–Crippen LogP) is 3.72. The second-order valence-electron chi connectivity index (χ2n) is 13.9. The number of piperazine rings is 1. The Morgan fingerprint density at radius 2 is 1.57 bits per heavy atom. The van der Waals surface area contributed by atoms with Crippen molar-refractivity contribution in [3.05, 3.63) is 83.7 Å². The Balaban J connectivity index is 1.43. The number of nitrogens with zero attached hydrogens (tertiary/aromatic N) is 2. The fourth-order valence-electron chi connectivity index (χ4n) is 6.19. The highest BCUT2D eigenvalue weighted by atomic mass is 19.1. The van der Waals surface area contributed by atoms with Gasteiger partial charge >= 0.3 is 0 Å². The van der Waals surface area contributed by atoms with Crippen LogP contribution in [0.3, 0.4) is 0 Å². The van der Waals surface area contributed by atoms with Crippen molar-refractivity contribution in [3.63, 3.8) is 0 Å². The fourth-order valence-corrected chi connectivity index (χ4v) is 6.19. The predicted molar refractivity (Wildman–Crippen MR) is 180 cm³/mol. The second kappa shape index (κ2) is 14.2. The molecule has 4 N–H and O–H groups in total. The number of fused-ring (bicyclic) bond motifs is 1. The van der Waals surface area contributed by atoms with E-state index in [1.165, 1.54) is 12.1 Å². The van der Waals surface area contributed by atoms with Gasteiger partial charge in [0.1, 0.15) is 23.9 Å². The Bertz CT molecular complexity index is 1610. The van der Waals surface area contributed by atoms with Crippen LogP contribution in [0.2, 0.25) is 0 Å². The molecule has 2 aliphatic rings. The summed E-state index contributed by atoms with van der Waals surface area (Å²) in [5, 5.41) is 7.95. The maximum absolute atomic E-state index is 14.4. The normalized spacial score (nSPS) is 18.3. The summed E-state index contributed by atoms with van der Waals surface area (Å²) in [7, 11) is 0. The van der Waals surface area contributed by atoms with E-state index in [2.05, 4.69) is 16.7 Å². The molecular formula is C37H46FN5O4. The first kappa shape index (κ1) is 34.0. The van der Waals surface area contributed by atoms with Gasteiger partial charge in [0.15, 0.2) is 0 Å². The van der Waals surface area contributed by atoms with Gasteiger partial charge in [0.05, 0.1) is 5.54 Å². The molecule has 250 valence electrons. The lowest BCUT2D eigenvalue weighted by Gasteiger charge is -2.44. The minimum Gasteiger partial charge on any atom is -0.352 e. The third-order valence-corrected chi connectivity index (χ3v) is 8.96. The van der Waals surface area contributed by atoms with E-state index in [0.29, 0.717) is 24.3 Å². The summed E-state index contributed by atoms with van der Waals surface area (Å²) in [5.41, 5.74) is 6.41. The molecule has 0 spiro atoms. The summed E-state index contributed by atoms with van der Waals surface area (Å²) in [5.74, 6) is -1.53. The third-order valence-electron chi connectivity index (χ3n) is 8.96. The SMILES string of the molecule is CC(C)NC(=O)C(Cc1ccc2ccccc2c1)N1CCN(C(=O)C(Cc2ccc(F)cc2)NC(=O)C(C)(C)N)C(CC2CC2)C1=O. The molecule has 3 atom stereocenters. The number of amides is 4. The van der Waals surface area contributed by atoms with Gasteiger partial charge in [-0.2, -0.15) is 0 Å². The van der Waals surface area contributed by atoms with Crippen molar-refractivity contribution in [2.24, 2.45) is 11.7 Å². The number of nitrogens with two attached hydrogens (primary N) is 1. The van der Waals surface area contributed by atoms with Crippen molar-refractivity contribution in [1.29, 1.82) is 0 Å². The standard InChI is InChI=1S/C37H46FN5O4/c1-23(2)40-33(44)31(22-26-11-14-27-7-5-6-8-28(27)19-26)42-17-18-43(32(35(42)46)21-25-9-10-25)34(45)30(41-36(47)37(3,4)39)20-24-12-15-29(38)16-13-24/h5-8,11-16,19,23,25,30-32H,9-10,17-18,20-22,39H2,1-4H3,(H,40,44)(H,41,47). The second-order valence-corrected chi connectivity index (χ2v) is 13.9. The smallest absolute Gasteiger partial charge is 0.246 e. The van der Waals surface area contributed by atoms with Gasteiger partial charge in [-0.15, -0.1) is 0 Å². The van der Waals surface area contributed by atoms with Crippen LogP contribution in [0.15, 0.2) is 66.7 Å².